The summed E-state index contributed by atoms with van der Waals surface area (Å²) in [7, 11) is 0. The highest BCUT2D eigenvalue weighted by Crippen LogP contribution is 2.29. The van der Waals surface area contributed by atoms with Gasteiger partial charge in [0.15, 0.2) is 5.58 Å². The fraction of sp³-hybridized carbons (Fsp3) is 0.174. The Labute approximate surface area is 178 Å². The van der Waals surface area contributed by atoms with E-state index in [0.717, 1.165) is 16.5 Å². The van der Waals surface area contributed by atoms with Gasteiger partial charge in [-0.25, -0.2) is 4.39 Å². The van der Waals surface area contributed by atoms with Crippen LogP contribution in [0.5, 0.6) is 5.75 Å². The maximum absolute atomic E-state index is 13.3. The smallest absolute Gasteiger partial charge is 0.170 e. The van der Waals surface area contributed by atoms with Gasteiger partial charge in [-0.1, -0.05) is 28.9 Å². The van der Waals surface area contributed by atoms with Crippen molar-refractivity contribution in [3.63, 3.8) is 0 Å². The standard InChI is InChI=1S/C23H20ClFN2O3/c24-17-5-1-15(2-6-17)12-26-13-19(28)14-29-20-8-3-16(4-9-20)23-21-10-7-18(25)11-22(21)30-27-23/h1-11,19,26,28H,12-14H2. The van der Waals surface area contributed by atoms with Crippen LogP contribution in [0.3, 0.4) is 0 Å². The molecule has 0 saturated carbocycles. The molecule has 154 valence electrons. The van der Waals surface area contributed by atoms with Crippen molar-refractivity contribution in [1.82, 2.24) is 10.5 Å². The molecule has 1 unspecified atom stereocenters. The SMILES string of the molecule is OC(CNCc1ccc(Cl)cc1)COc1ccc(-c2noc3cc(F)ccc23)cc1. The van der Waals surface area contributed by atoms with Crippen LogP contribution < -0.4 is 10.1 Å². The molecule has 4 rings (SSSR count). The van der Waals surface area contributed by atoms with E-state index in [4.69, 9.17) is 20.9 Å². The Hall–Kier alpha value is -2.93. The topological polar surface area (TPSA) is 67.5 Å². The quantitative estimate of drug-likeness (QED) is 0.423. The van der Waals surface area contributed by atoms with Gasteiger partial charge in [0.1, 0.15) is 30.0 Å². The lowest BCUT2D eigenvalue weighted by molar-refractivity contribution is 0.106. The van der Waals surface area contributed by atoms with Crippen LogP contribution in [-0.4, -0.2) is 29.5 Å². The predicted octanol–water partition coefficient (Wildman–Crippen LogP) is 4.82. The van der Waals surface area contributed by atoms with Gasteiger partial charge >= 0.3 is 0 Å². The summed E-state index contributed by atoms with van der Waals surface area (Å²) in [6, 6.07) is 19.2. The van der Waals surface area contributed by atoms with Crippen molar-refractivity contribution in [3.8, 4) is 17.0 Å². The van der Waals surface area contributed by atoms with Crippen molar-refractivity contribution in [2.24, 2.45) is 0 Å². The first-order valence-electron chi connectivity index (χ1n) is 9.50. The first-order valence-corrected chi connectivity index (χ1v) is 9.88. The highest BCUT2D eigenvalue weighted by Gasteiger charge is 2.11. The minimum absolute atomic E-state index is 0.166. The van der Waals surface area contributed by atoms with Gasteiger partial charge in [0, 0.05) is 35.1 Å². The number of nitrogens with one attached hydrogen (secondary N) is 1. The van der Waals surface area contributed by atoms with Gasteiger partial charge in [-0.05, 0) is 54.1 Å². The van der Waals surface area contributed by atoms with E-state index in [1.165, 1.54) is 12.1 Å². The first kappa shape index (κ1) is 20.3. The summed E-state index contributed by atoms with van der Waals surface area (Å²) in [5, 5.41) is 18.8. The Morgan fingerprint density at radius 1 is 1.07 bits per heavy atom. The van der Waals surface area contributed by atoms with E-state index in [-0.39, 0.29) is 12.4 Å². The average molecular weight is 427 g/mol. The molecule has 5 nitrogen and oxygen atoms in total. The number of benzene rings is 3. The van der Waals surface area contributed by atoms with Gasteiger partial charge in [-0.15, -0.1) is 0 Å². The van der Waals surface area contributed by atoms with Crippen LogP contribution >= 0.6 is 11.6 Å². The Morgan fingerprint density at radius 3 is 2.60 bits per heavy atom. The molecule has 0 radical (unpaired) electrons. The fourth-order valence-electron chi connectivity index (χ4n) is 3.07. The predicted molar refractivity (Wildman–Crippen MR) is 114 cm³/mol. The van der Waals surface area contributed by atoms with Crippen LogP contribution in [0.25, 0.3) is 22.2 Å². The molecule has 1 heterocycles. The summed E-state index contributed by atoms with van der Waals surface area (Å²) < 4.78 is 24.2. The molecule has 0 fully saturated rings. The third kappa shape index (κ3) is 4.97. The Bertz CT molecular complexity index is 1110. The Morgan fingerprint density at radius 2 is 1.83 bits per heavy atom. The maximum Gasteiger partial charge on any atom is 0.170 e. The number of aromatic nitrogens is 1. The normalized spacial score (nSPS) is 12.2. The number of hydrogen-bond acceptors (Lipinski definition) is 5. The molecule has 0 saturated heterocycles. The second-order valence-electron chi connectivity index (χ2n) is 6.92. The molecule has 1 atom stereocenters. The van der Waals surface area contributed by atoms with Gasteiger partial charge in [0.2, 0.25) is 0 Å². The molecule has 3 aromatic carbocycles. The van der Waals surface area contributed by atoms with E-state index in [1.807, 2.05) is 36.4 Å². The lowest BCUT2D eigenvalue weighted by Gasteiger charge is -2.13. The molecule has 2 N–H and O–H groups in total. The number of hydrogen-bond donors (Lipinski definition) is 2. The zero-order valence-electron chi connectivity index (χ0n) is 16.0. The third-order valence-electron chi connectivity index (χ3n) is 4.63. The number of halogens is 2. The molecule has 30 heavy (non-hydrogen) atoms. The van der Waals surface area contributed by atoms with Gasteiger partial charge in [0.25, 0.3) is 0 Å². The highest BCUT2D eigenvalue weighted by molar-refractivity contribution is 6.30. The molecule has 4 aromatic rings. The number of aliphatic hydroxyl groups is 1. The number of ether oxygens (including phenoxy) is 1. The van der Waals surface area contributed by atoms with Crippen molar-refractivity contribution in [2.45, 2.75) is 12.6 Å². The monoisotopic (exact) mass is 426 g/mol. The molecule has 0 aliphatic rings. The molecule has 0 aliphatic carbocycles. The summed E-state index contributed by atoms with van der Waals surface area (Å²) in [6.07, 6.45) is -0.647. The second kappa shape index (κ2) is 9.26. The molecule has 0 spiro atoms. The molecule has 1 aromatic heterocycles. The molecular weight excluding hydrogens is 407 g/mol. The zero-order chi connectivity index (χ0) is 20.9. The van der Waals surface area contributed by atoms with E-state index in [0.29, 0.717) is 35.1 Å². The molecule has 0 aliphatic heterocycles. The van der Waals surface area contributed by atoms with Crippen LogP contribution in [0.15, 0.2) is 71.3 Å². The summed E-state index contributed by atoms with van der Waals surface area (Å²) in [6.45, 7) is 1.21. The van der Waals surface area contributed by atoms with Crippen LogP contribution in [0.1, 0.15) is 5.56 Å². The molecule has 0 amide bonds. The lowest BCUT2D eigenvalue weighted by Crippen LogP contribution is -2.31. The minimum Gasteiger partial charge on any atom is -0.491 e. The number of rotatable bonds is 8. The van der Waals surface area contributed by atoms with Gasteiger partial charge in [-0.2, -0.15) is 0 Å². The van der Waals surface area contributed by atoms with Gasteiger partial charge in [0.05, 0.1) is 0 Å². The van der Waals surface area contributed by atoms with E-state index in [1.54, 1.807) is 18.2 Å². The van der Waals surface area contributed by atoms with Crippen molar-refractivity contribution in [3.05, 3.63) is 83.1 Å². The summed E-state index contributed by atoms with van der Waals surface area (Å²) >= 11 is 5.87. The van der Waals surface area contributed by atoms with Crippen LogP contribution in [0.4, 0.5) is 4.39 Å². The van der Waals surface area contributed by atoms with E-state index in [2.05, 4.69) is 10.5 Å². The summed E-state index contributed by atoms with van der Waals surface area (Å²) in [4.78, 5) is 0. The zero-order valence-corrected chi connectivity index (χ0v) is 16.8. The Kier molecular flexibility index (Phi) is 6.28. The van der Waals surface area contributed by atoms with Crippen LogP contribution in [0.2, 0.25) is 5.02 Å². The number of fused-ring (bicyclic) bond motifs is 1. The van der Waals surface area contributed by atoms with Crippen molar-refractivity contribution < 1.29 is 18.8 Å². The van der Waals surface area contributed by atoms with Crippen molar-refractivity contribution in [1.29, 1.82) is 0 Å². The fourth-order valence-corrected chi connectivity index (χ4v) is 3.19. The minimum atomic E-state index is -0.647. The lowest BCUT2D eigenvalue weighted by atomic mass is 10.1. The summed E-state index contributed by atoms with van der Waals surface area (Å²) in [5.41, 5.74) is 2.96. The van der Waals surface area contributed by atoms with E-state index < -0.39 is 6.10 Å². The van der Waals surface area contributed by atoms with Gasteiger partial charge < -0.3 is 19.7 Å². The van der Waals surface area contributed by atoms with Gasteiger partial charge in [-0.3, -0.25) is 0 Å². The number of nitrogens with zero attached hydrogens (tertiary/aromatic N) is 1. The van der Waals surface area contributed by atoms with Crippen molar-refractivity contribution >= 4 is 22.6 Å². The third-order valence-corrected chi connectivity index (χ3v) is 4.88. The van der Waals surface area contributed by atoms with Crippen LogP contribution in [-0.2, 0) is 6.54 Å². The largest absolute Gasteiger partial charge is 0.491 e. The van der Waals surface area contributed by atoms with Crippen LogP contribution in [0, 0.1) is 5.82 Å². The molecular formula is C23H20ClFN2O3. The second-order valence-corrected chi connectivity index (χ2v) is 7.35. The van der Waals surface area contributed by atoms with E-state index in [9.17, 15) is 9.50 Å². The maximum atomic E-state index is 13.3. The molecule has 0 bridgehead atoms. The van der Waals surface area contributed by atoms with Crippen molar-refractivity contribution in [2.75, 3.05) is 13.2 Å². The summed E-state index contributed by atoms with van der Waals surface area (Å²) in [5.74, 6) is 0.268. The highest BCUT2D eigenvalue weighted by atomic mass is 35.5. The first-order chi connectivity index (χ1) is 14.6. The number of aliphatic hydroxyl groups excluding tert-OH is 1. The molecule has 7 heteroatoms. The Balaban J connectivity index is 1.28. The van der Waals surface area contributed by atoms with E-state index >= 15 is 0 Å². The average Bonchev–Trinajstić information content (AvgIpc) is 3.17.